The third kappa shape index (κ3) is 5.03. The summed E-state index contributed by atoms with van der Waals surface area (Å²) in [5, 5.41) is 15.4. The van der Waals surface area contributed by atoms with E-state index in [9.17, 15) is 19.7 Å². The monoisotopic (exact) mass is 343 g/mol. The fourth-order valence-corrected chi connectivity index (χ4v) is 2.07. The zero-order valence-electron chi connectivity index (χ0n) is 13.5. The van der Waals surface area contributed by atoms with Gasteiger partial charge < -0.3 is 10.1 Å². The van der Waals surface area contributed by atoms with E-state index in [4.69, 9.17) is 4.74 Å². The van der Waals surface area contributed by atoms with Gasteiger partial charge in [0.15, 0.2) is 0 Å². The van der Waals surface area contributed by atoms with E-state index in [1.54, 1.807) is 37.3 Å². The van der Waals surface area contributed by atoms with Gasteiger partial charge in [0, 0.05) is 24.2 Å². The number of benzene rings is 2. The predicted molar refractivity (Wildman–Crippen MR) is 90.1 cm³/mol. The molecule has 0 fully saturated rings. The molecule has 2 aromatic carbocycles. The lowest BCUT2D eigenvalue weighted by Gasteiger charge is -2.18. The van der Waals surface area contributed by atoms with E-state index in [0.717, 1.165) is 0 Å². The number of imide groups is 1. The molecule has 2 aromatic rings. The number of amides is 3. The van der Waals surface area contributed by atoms with Gasteiger partial charge in [0.2, 0.25) is 6.10 Å². The van der Waals surface area contributed by atoms with Crippen LogP contribution in [0, 0.1) is 10.1 Å². The van der Waals surface area contributed by atoms with Crippen LogP contribution >= 0.6 is 0 Å². The van der Waals surface area contributed by atoms with Crippen molar-refractivity contribution in [2.24, 2.45) is 0 Å². The fourth-order valence-electron chi connectivity index (χ4n) is 2.07. The Morgan fingerprint density at radius 1 is 1.12 bits per heavy atom. The summed E-state index contributed by atoms with van der Waals surface area (Å²) in [5.74, 6) is -0.374. The van der Waals surface area contributed by atoms with Crippen LogP contribution in [0.4, 0.5) is 10.5 Å². The first-order valence-corrected chi connectivity index (χ1v) is 7.56. The van der Waals surface area contributed by atoms with Gasteiger partial charge in [-0.3, -0.25) is 20.2 Å². The van der Waals surface area contributed by atoms with Gasteiger partial charge in [-0.2, -0.15) is 0 Å². The van der Waals surface area contributed by atoms with Gasteiger partial charge in [0.25, 0.3) is 11.6 Å². The van der Waals surface area contributed by atoms with E-state index >= 15 is 0 Å². The van der Waals surface area contributed by atoms with Crippen molar-refractivity contribution in [1.82, 2.24) is 10.6 Å². The maximum Gasteiger partial charge on any atom is 0.321 e. The van der Waals surface area contributed by atoms with Crippen molar-refractivity contribution in [3.05, 3.63) is 70.3 Å². The van der Waals surface area contributed by atoms with Crippen molar-refractivity contribution in [2.45, 2.75) is 13.0 Å². The van der Waals surface area contributed by atoms with Crippen LogP contribution < -0.4 is 15.4 Å². The highest BCUT2D eigenvalue weighted by Crippen LogP contribution is 2.24. The number of non-ortho nitro benzene ring substituents is 1. The first kappa shape index (κ1) is 17.9. The lowest BCUT2D eigenvalue weighted by atomic mass is 10.1. The number of urea groups is 1. The molecule has 0 aliphatic rings. The lowest BCUT2D eigenvalue weighted by molar-refractivity contribution is -0.384. The smallest absolute Gasteiger partial charge is 0.321 e. The van der Waals surface area contributed by atoms with Crippen molar-refractivity contribution in [3.63, 3.8) is 0 Å². The quantitative estimate of drug-likeness (QED) is 0.618. The summed E-state index contributed by atoms with van der Waals surface area (Å²) < 4.78 is 5.66. The zero-order chi connectivity index (χ0) is 18.2. The Morgan fingerprint density at radius 3 is 2.32 bits per heavy atom. The second-order valence-electron chi connectivity index (χ2n) is 5.01. The lowest BCUT2D eigenvalue weighted by Crippen LogP contribution is -2.42. The Hall–Kier alpha value is -3.42. The first-order chi connectivity index (χ1) is 12.0. The third-order valence-corrected chi connectivity index (χ3v) is 3.22. The van der Waals surface area contributed by atoms with Crippen LogP contribution in [0.15, 0.2) is 54.6 Å². The van der Waals surface area contributed by atoms with Crippen molar-refractivity contribution in [3.8, 4) is 5.75 Å². The van der Waals surface area contributed by atoms with Gasteiger partial charge in [0.1, 0.15) is 5.75 Å². The average Bonchev–Trinajstić information content (AvgIpc) is 2.61. The number of nitro benzene ring substituents is 1. The molecule has 0 aliphatic carbocycles. The first-order valence-electron chi connectivity index (χ1n) is 7.56. The minimum Gasteiger partial charge on any atom is -0.476 e. The van der Waals surface area contributed by atoms with Crippen LogP contribution in [-0.4, -0.2) is 23.4 Å². The van der Waals surface area contributed by atoms with Crippen LogP contribution in [0.2, 0.25) is 0 Å². The van der Waals surface area contributed by atoms with Crippen LogP contribution in [-0.2, 0) is 4.79 Å². The van der Waals surface area contributed by atoms with Crippen molar-refractivity contribution in [1.29, 1.82) is 0 Å². The van der Waals surface area contributed by atoms with Crippen molar-refractivity contribution < 1.29 is 19.2 Å². The second-order valence-corrected chi connectivity index (χ2v) is 5.01. The molecule has 8 nitrogen and oxygen atoms in total. The Bertz CT molecular complexity index is 747. The molecule has 0 heterocycles. The summed E-state index contributed by atoms with van der Waals surface area (Å²) in [6.45, 7) is 2.10. The molecule has 0 unspecified atom stereocenters. The maximum atomic E-state index is 12.4. The van der Waals surface area contributed by atoms with E-state index in [2.05, 4.69) is 10.6 Å². The van der Waals surface area contributed by atoms with Crippen molar-refractivity contribution >= 4 is 17.6 Å². The molecule has 3 amide bonds. The molecule has 0 bridgehead atoms. The average molecular weight is 343 g/mol. The number of ether oxygens (including phenoxy) is 1. The summed E-state index contributed by atoms with van der Waals surface area (Å²) in [5.41, 5.74) is 0.457. The molecule has 8 heteroatoms. The minimum atomic E-state index is -1.08. The number of nitrogens with zero attached hydrogens (tertiary/aromatic N) is 1. The summed E-state index contributed by atoms with van der Waals surface area (Å²) in [4.78, 5) is 34.2. The number of hydrogen-bond donors (Lipinski definition) is 2. The van der Waals surface area contributed by atoms with E-state index < -0.39 is 23.0 Å². The number of hydrogen-bond acceptors (Lipinski definition) is 5. The fraction of sp³-hybridized carbons (Fsp3) is 0.176. The van der Waals surface area contributed by atoms with Crippen molar-refractivity contribution in [2.75, 3.05) is 6.54 Å². The molecule has 25 heavy (non-hydrogen) atoms. The highest BCUT2D eigenvalue weighted by Gasteiger charge is 2.24. The minimum absolute atomic E-state index is 0.0876. The topological polar surface area (TPSA) is 111 Å². The number of nitrogens with one attached hydrogen (secondary N) is 2. The van der Waals surface area contributed by atoms with E-state index in [1.807, 2.05) is 0 Å². The molecule has 0 radical (unpaired) electrons. The highest BCUT2D eigenvalue weighted by molar-refractivity contribution is 5.97. The summed E-state index contributed by atoms with van der Waals surface area (Å²) in [6.07, 6.45) is -1.08. The molecule has 0 saturated carbocycles. The largest absolute Gasteiger partial charge is 0.476 e. The molecule has 2 rings (SSSR count). The van der Waals surface area contributed by atoms with Gasteiger partial charge in [-0.15, -0.1) is 0 Å². The molecule has 0 saturated heterocycles. The Morgan fingerprint density at radius 2 is 1.76 bits per heavy atom. The Kier molecular flexibility index (Phi) is 6.05. The molecule has 0 aromatic heterocycles. The van der Waals surface area contributed by atoms with Gasteiger partial charge in [0.05, 0.1) is 4.92 Å². The zero-order valence-corrected chi connectivity index (χ0v) is 13.5. The van der Waals surface area contributed by atoms with E-state index in [0.29, 0.717) is 12.1 Å². The second kappa shape index (κ2) is 8.44. The van der Waals surface area contributed by atoms with Gasteiger partial charge in [-0.1, -0.05) is 30.3 Å². The van der Waals surface area contributed by atoms with Crippen LogP contribution in [0.25, 0.3) is 0 Å². The molecule has 130 valence electrons. The summed E-state index contributed by atoms with van der Waals surface area (Å²) in [7, 11) is 0. The van der Waals surface area contributed by atoms with Crippen LogP contribution in [0.3, 0.4) is 0 Å². The normalized spacial score (nSPS) is 11.2. The molecular formula is C17H17N3O5. The number of carbonyl (C=O) groups is 2. The molecule has 0 spiro atoms. The van der Waals surface area contributed by atoms with Gasteiger partial charge in [-0.05, 0) is 19.1 Å². The SMILES string of the molecule is CCNC(=O)NC(=O)[C@H](Oc1ccc([N+](=O)[O-])cc1)c1ccccc1. The van der Waals surface area contributed by atoms with E-state index in [1.165, 1.54) is 24.3 Å². The maximum absolute atomic E-state index is 12.4. The third-order valence-electron chi connectivity index (χ3n) is 3.22. The Balaban J connectivity index is 2.21. The van der Waals surface area contributed by atoms with E-state index in [-0.39, 0.29) is 11.4 Å². The number of carbonyl (C=O) groups excluding carboxylic acids is 2. The summed E-state index contributed by atoms with van der Waals surface area (Å²) >= 11 is 0. The molecule has 2 N–H and O–H groups in total. The Labute approximate surface area is 144 Å². The molecule has 1 atom stereocenters. The number of rotatable bonds is 6. The molecular weight excluding hydrogens is 326 g/mol. The number of nitro groups is 1. The van der Waals surface area contributed by atoms with Gasteiger partial charge >= 0.3 is 6.03 Å². The summed E-state index contributed by atoms with van der Waals surface area (Å²) in [6, 6.07) is 13.4. The van der Waals surface area contributed by atoms with Crippen LogP contribution in [0.5, 0.6) is 5.75 Å². The highest BCUT2D eigenvalue weighted by atomic mass is 16.6. The predicted octanol–water partition coefficient (Wildman–Crippen LogP) is 2.56. The van der Waals surface area contributed by atoms with Crippen LogP contribution in [0.1, 0.15) is 18.6 Å². The molecule has 0 aliphatic heterocycles. The standard InChI is InChI=1S/C17H17N3O5/c1-2-18-17(22)19-16(21)15(12-6-4-3-5-7-12)25-14-10-8-13(9-11-14)20(23)24/h3-11,15H,2H2,1H3,(H2,18,19,21,22)/t15-/m1/s1. The van der Waals surface area contributed by atoms with Gasteiger partial charge in [-0.25, -0.2) is 4.79 Å².